The molecule has 18 heavy (non-hydrogen) atoms. The summed E-state index contributed by atoms with van der Waals surface area (Å²) in [5.41, 5.74) is 2.61. The van der Waals surface area contributed by atoms with E-state index in [2.05, 4.69) is 5.32 Å². The van der Waals surface area contributed by atoms with Crippen LogP contribution in [0.2, 0.25) is 0 Å². The lowest BCUT2D eigenvalue weighted by atomic mass is 10.1. The number of nitrogens with one attached hydrogen (secondary N) is 1. The van der Waals surface area contributed by atoms with Crippen molar-refractivity contribution in [3.8, 4) is 0 Å². The van der Waals surface area contributed by atoms with Gasteiger partial charge in [0.1, 0.15) is 5.37 Å². The molecule has 0 spiro atoms. The first-order chi connectivity index (χ1) is 8.61. The van der Waals surface area contributed by atoms with Gasteiger partial charge in [0.05, 0.1) is 6.61 Å². The summed E-state index contributed by atoms with van der Waals surface area (Å²) in [5.74, 6) is 0.00255. The standard InChI is InChI=1S/C13H16N2O2S/c1-15(2)13(17)10-5-3-9(4-6-10)12-14-11(7-16)8-18-12/h3-6,8,12,14,16H,7H2,1-2H3. The van der Waals surface area contributed by atoms with Crippen LogP contribution in [-0.2, 0) is 0 Å². The zero-order chi connectivity index (χ0) is 13.1. The van der Waals surface area contributed by atoms with Gasteiger partial charge < -0.3 is 15.3 Å². The second-order valence-electron chi connectivity index (χ2n) is 4.28. The highest BCUT2D eigenvalue weighted by Crippen LogP contribution is 2.33. The van der Waals surface area contributed by atoms with Gasteiger partial charge >= 0.3 is 0 Å². The van der Waals surface area contributed by atoms with Crippen LogP contribution in [0.4, 0.5) is 0 Å². The van der Waals surface area contributed by atoms with E-state index in [1.54, 1.807) is 30.8 Å². The van der Waals surface area contributed by atoms with Gasteiger partial charge in [-0.2, -0.15) is 0 Å². The third-order valence-corrected chi connectivity index (χ3v) is 3.78. The fraction of sp³-hybridized carbons (Fsp3) is 0.308. The van der Waals surface area contributed by atoms with Gasteiger partial charge in [-0.15, -0.1) is 11.8 Å². The van der Waals surface area contributed by atoms with Crippen LogP contribution in [0.5, 0.6) is 0 Å². The predicted molar refractivity (Wildman–Crippen MR) is 73.1 cm³/mol. The molecule has 1 aromatic rings. The lowest BCUT2D eigenvalue weighted by molar-refractivity contribution is 0.0827. The first-order valence-electron chi connectivity index (χ1n) is 5.65. The second-order valence-corrected chi connectivity index (χ2v) is 5.26. The Bertz CT molecular complexity index is 468. The largest absolute Gasteiger partial charge is 0.390 e. The number of aliphatic hydroxyl groups is 1. The number of carbonyl (C=O) groups excluding carboxylic acids is 1. The summed E-state index contributed by atoms with van der Waals surface area (Å²) in [4.78, 5) is 13.3. The molecular formula is C13H16N2O2S. The second kappa shape index (κ2) is 5.46. The predicted octanol–water partition coefficient (Wildman–Crippen LogP) is 1.56. The smallest absolute Gasteiger partial charge is 0.253 e. The molecule has 0 aliphatic carbocycles. The molecule has 0 bridgehead atoms. The Hall–Kier alpha value is -1.46. The van der Waals surface area contributed by atoms with Crippen molar-refractivity contribution in [2.45, 2.75) is 5.37 Å². The molecule has 1 heterocycles. The van der Waals surface area contributed by atoms with Crippen LogP contribution >= 0.6 is 11.8 Å². The molecule has 0 saturated heterocycles. The molecule has 2 rings (SSSR count). The first-order valence-corrected chi connectivity index (χ1v) is 6.59. The normalized spacial score (nSPS) is 18.2. The van der Waals surface area contributed by atoms with Crippen LogP contribution in [0, 0.1) is 0 Å². The Kier molecular flexibility index (Phi) is 3.93. The van der Waals surface area contributed by atoms with Crippen LogP contribution < -0.4 is 5.32 Å². The number of carbonyl (C=O) groups is 1. The summed E-state index contributed by atoms with van der Waals surface area (Å²) in [6, 6.07) is 7.54. The Balaban J connectivity index is 2.07. The molecule has 1 aromatic carbocycles. The zero-order valence-corrected chi connectivity index (χ0v) is 11.2. The van der Waals surface area contributed by atoms with Crippen LogP contribution in [0.1, 0.15) is 21.3 Å². The van der Waals surface area contributed by atoms with Gasteiger partial charge in [0.25, 0.3) is 5.91 Å². The number of benzene rings is 1. The van der Waals surface area contributed by atoms with Crippen LogP contribution in [0.3, 0.4) is 0 Å². The van der Waals surface area contributed by atoms with E-state index in [1.807, 2.05) is 29.7 Å². The Morgan fingerprint density at radius 1 is 1.39 bits per heavy atom. The molecule has 96 valence electrons. The molecule has 4 nitrogen and oxygen atoms in total. The van der Waals surface area contributed by atoms with Crippen molar-refractivity contribution >= 4 is 17.7 Å². The third kappa shape index (κ3) is 2.68. The van der Waals surface area contributed by atoms with Gasteiger partial charge in [-0.05, 0) is 23.1 Å². The number of hydrogen-bond donors (Lipinski definition) is 2. The van der Waals surface area contributed by atoms with Gasteiger partial charge in [-0.1, -0.05) is 12.1 Å². The van der Waals surface area contributed by atoms with Crippen LogP contribution in [0.15, 0.2) is 35.4 Å². The van der Waals surface area contributed by atoms with E-state index in [-0.39, 0.29) is 17.9 Å². The third-order valence-electron chi connectivity index (χ3n) is 2.70. The molecule has 0 aromatic heterocycles. The van der Waals surface area contributed by atoms with Crippen molar-refractivity contribution in [2.75, 3.05) is 20.7 Å². The fourth-order valence-electron chi connectivity index (χ4n) is 1.69. The van der Waals surface area contributed by atoms with E-state index in [0.29, 0.717) is 5.56 Å². The van der Waals surface area contributed by atoms with E-state index in [9.17, 15) is 4.79 Å². The van der Waals surface area contributed by atoms with E-state index in [4.69, 9.17) is 5.11 Å². The van der Waals surface area contributed by atoms with Crippen molar-refractivity contribution in [1.82, 2.24) is 10.2 Å². The van der Waals surface area contributed by atoms with Gasteiger partial charge in [0, 0.05) is 25.4 Å². The number of thioether (sulfide) groups is 1. The monoisotopic (exact) mass is 264 g/mol. The maximum Gasteiger partial charge on any atom is 0.253 e. The van der Waals surface area contributed by atoms with E-state index >= 15 is 0 Å². The van der Waals surface area contributed by atoms with E-state index in [1.165, 1.54) is 0 Å². The van der Waals surface area contributed by atoms with Gasteiger partial charge in [0.2, 0.25) is 0 Å². The summed E-state index contributed by atoms with van der Waals surface area (Å²) in [7, 11) is 3.48. The highest BCUT2D eigenvalue weighted by atomic mass is 32.2. The number of rotatable bonds is 3. The van der Waals surface area contributed by atoms with Crippen molar-refractivity contribution in [2.24, 2.45) is 0 Å². The Morgan fingerprint density at radius 2 is 2.06 bits per heavy atom. The quantitative estimate of drug-likeness (QED) is 0.870. The average Bonchev–Trinajstić information content (AvgIpc) is 2.86. The Labute approximate surface area is 111 Å². The summed E-state index contributed by atoms with van der Waals surface area (Å²) >= 11 is 1.62. The van der Waals surface area contributed by atoms with Gasteiger partial charge in [0.15, 0.2) is 0 Å². The summed E-state index contributed by atoms with van der Waals surface area (Å²) in [6.45, 7) is 0.0285. The highest BCUT2D eigenvalue weighted by molar-refractivity contribution is 8.02. The molecule has 0 fully saturated rings. The molecule has 5 heteroatoms. The van der Waals surface area contributed by atoms with Crippen molar-refractivity contribution in [3.05, 3.63) is 46.5 Å². The average molecular weight is 264 g/mol. The fourth-order valence-corrected chi connectivity index (χ4v) is 2.67. The van der Waals surface area contributed by atoms with Gasteiger partial charge in [-0.3, -0.25) is 4.79 Å². The van der Waals surface area contributed by atoms with Crippen LogP contribution in [-0.4, -0.2) is 36.6 Å². The Morgan fingerprint density at radius 3 is 2.56 bits per heavy atom. The molecule has 1 aliphatic rings. The van der Waals surface area contributed by atoms with Crippen molar-refractivity contribution < 1.29 is 9.90 Å². The maximum absolute atomic E-state index is 11.7. The molecule has 0 saturated carbocycles. The summed E-state index contributed by atoms with van der Waals surface area (Å²) in [5, 5.41) is 14.3. The SMILES string of the molecule is CN(C)C(=O)c1ccc(C2NC(CO)=CS2)cc1. The molecule has 0 radical (unpaired) electrons. The highest BCUT2D eigenvalue weighted by Gasteiger charge is 2.18. The maximum atomic E-state index is 11.7. The summed E-state index contributed by atoms with van der Waals surface area (Å²) in [6.07, 6.45) is 0. The number of aliphatic hydroxyl groups excluding tert-OH is 1. The zero-order valence-electron chi connectivity index (χ0n) is 10.4. The number of hydrogen-bond acceptors (Lipinski definition) is 4. The van der Waals surface area contributed by atoms with Crippen molar-refractivity contribution in [1.29, 1.82) is 0 Å². The first kappa shape index (κ1) is 13.0. The van der Waals surface area contributed by atoms with Gasteiger partial charge in [-0.25, -0.2) is 0 Å². The number of nitrogens with zero attached hydrogens (tertiary/aromatic N) is 1. The topological polar surface area (TPSA) is 52.6 Å². The lowest BCUT2D eigenvalue weighted by Crippen LogP contribution is -2.21. The van der Waals surface area contributed by atoms with E-state index < -0.39 is 0 Å². The molecule has 2 N–H and O–H groups in total. The minimum Gasteiger partial charge on any atom is -0.390 e. The minimum absolute atomic E-state index is 0.00255. The summed E-state index contributed by atoms with van der Waals surface area (Å²) < 4.78 is 0. The number of amides is 1. The molecule has 1 aliphatic heterocycles. The van der Waals surface area contributed by atoms with Crippen molar-refractivity contribution in [3.63, 3.8) is 0 Å². The van der Waals surface area contributed by atoms with E-state index in [0.717, 1.165) is 11.3 Å². The molecule has 1 unspecified atom stereocenters. The minimum atomic E-state index is 0.00255. The lowest BCUT2D eigenvalue weighted by Gasteiger charge is -2.14. The molecular weight excluding hydrogens is 248 g/mol. The molecule has 1 amide bonds. The molecule has 1 atom stereocenters. The van der Waals surface area contributed by atoms with Crippen LogP contribution in [0.25, 0.3) is 0 Å².